The van der Waals surface area contributed by atoms with Crippen LogP contribution in [0, 0.1) is 5.92 Å². The van der Waals surface area contributed by atoms with Crippen LogP contribution in [0.4, 0.5) is 0 Å². The number of hydrogen-bond donors (Lipinski definition) is 0. The van der Waals surface area contributed by atoms with Gasteiger partial charge in [-0.15, -0.1) is 0 Å². The Morgan fingerprint density at radius 1 is 0.975 bits per heavy atom. The van der Waals surface area contributed by atoms with E-state index in [4.69, 9.17) is 37.1 Å². The van der Waals surface area contributed by atoms with Crippen molar-refractivity contribution in [3.63, 3.8) is 0 Å². The van der Waals surface area contributed by atoms with Crippen molar-refractivity contribution in [2.75, 3.05) is 13.7 Å². The van der Waals surface area contributed by atoms with Crippen LogP contribution in [0.2, 0.25) is 28.2 Å². The highest BCUT2D eigenvalue weighted by atomic mass is 35.5. The number of benzene rings is 2. The minimum absolute atomic E-state index is 0.131. The Kier molecular flexibility index (Phi) is 9.60. The number of halogens is 2. The zero-order chi connectivity index (χ0) is 29.2. The van der Waals surface area contributed by atoms with Gasteiger partial charge in [-0.25, -0.2) is 4.79 Å². The Morgan fingerprint density at radius 3 is 2.12 bits per heavy atom. The maximum atomic E-state index is 13.4. The van der Waals surface area contributed by atoms with Crippen LogP contribution < -0.4 is 4.74 Å². The Labute approximate surface area is 249 Å². The Hall–Kier alpha value is -2.06. The number of carbonyl (C=O) groups is 2. The summed E-state index contributed by atoms with van der Waals surface area (Å²) in [6.07, 6.45) is 5.61. The van der Waals surface area contributed by atoms with Gasteiger partial charge in [0.15, 0.2) is 8.32 Å². The molecular weight excluding hydrogens is 565 g/mol. The molecule has 1 atom stereocenters. The average Bonchev–Trinajstić information content (AvgIpc) is 3.25. The fourth-order valence-electron chi connectivity index (χ4n) is 5.38. The lowest BCUT2D eigenvalue weighted by Gasteiger charge is -2.42. The fourth-order valence-corrected chi connectivity index (χ4v) is 7.42. The largest absolute Gasteiger partial charge is 0.465 e. The first kappa shape index (κ1) is 30.9. The van der Waals surface area contributed by atoms with Gasteiger partial charge in [-0.2, -0.15) is 0 Å². The lowest BCUT2D eigenvalue weighted by molar-refractivity contribution is -0.133. The van der Waals surface area contributed by atoms with Crippen molar-refractivity contribution in [1.82, 2.24) is 4.90 Å². The summed E-state index contributed by atoms with van der Waals surface area (Å²) < 4.78 is 17.3. The molecule has 1 amide bonds. The van der Waals surface area contributed by atoms with Crippen molar-refractivity contribution in [3.8, 4) is 11.5 Å². The maximum Gasteiger partial charge on any atom is 0.337 e. The number of ether oxygens (including phenoxy) is 2. The van der Waals surface area contributed by atoms with Gasteiger partial charge in [0.05, 0.1) is 12.7 Å². The molecule has 6 nitrogen and oxygen atoms in total. The molecule has 40 heavy (non-hydrogen) atoms. The molecule has 1 saturated carbocycles. The van der Waals surface area contributed by atoms with E-state index in [1.165, 1.54) is 7.11 Å². The highest BCUT2D eigenvalue weighted by molar-refractivity contribution is 6.74. The van der Waals surface area contributed by atoms with Crippen LogP contribution in [-0.2, 0) is 20.4 Å². The summed E-state index contributed by atoms with van der Waals surface area (Å²) >= 11 is 13.3. The van der Waals surface area contributed by atoms with Gasteiger partial charge in [0, 0.05) is 34.7 Å². The molecule has 2 aromatic rings. The zero-order valence-corrected chi connectivity index (χ0v) is 26.9. The first-order valence-corrected chi connectivity index (χ1v) is 17.8. The molecule has 218 valence electrons. The van der Waals surface area contributed by atoms with Crippen molar-refractivity contribution >= 4 is 43.4 Å². The zero-order valence-electron chi connectivity index (χ0n) is 24.4. The smallest absolute Gasteiger partial charge is 0.337 e. The predicted molar refractivity (Wildman–Crippen MR) is 162 cm³/mol. The average molecular weight is 607 g/mol. The van der Waals surface area contributed by atoms with Crippen molar-refractivity contribution in [1.29, 1.82) is 0 Å². The number of esters is 1. The van der Waals surface area contributed by atoms with E-state index in [2.05, 4.69) is 38.8 Å². The van der Waals surface area contributed by atoms with Crippen LogP contribution in [0.1, 0.15) is 68.8 Å². The molecule has 1 aliphatic heterocycles. The summed E-state index contributed by atoms with van der Waals surface area (Å²) in [5.41, 5.74) is 1.20. The molecule has 1 heterocycles. The molecule has 0 N–H and O–H groups in total. The first-order chi connectivity index (χ1) is 18.8. The van der Waals surface area contributed by atoms with Crippen LogP contribution in [0.25, 0.3) is 0 Å². The maximum absolute atomic E-state index is 13.4. The molecule has 2 aliphatic rings. The van der Waals surface area contributed by atoms with E-state index >= 15 is 0 Å². The molecule has 0 spiro atoms. The SMILES string of the molecule is COC(=O)c1ccc(Oc2cc(Cl)c(CC3CCN(C4CCC(O[Si](C)(C)C(C)(C)C)CC4)C3=O)c(Cl)c2)cc1. The lowest BCUT2D eigenvalue weighted by Crippen LogP contribution is -2.47. The van der Waals surface area contributed by atoms with Gasteiger partial charge in [0.2, 0.25) is 5.91 Å². The third-order valence-electron chi connectivity index (χ3n) is 8.78. The highest BCUT2D eigenvalue weighted by Crippen LogP contribution is 2.41. The van der Waals surface area contributed by atoms with Gasteiger partial charge in [-0.1, -0.05) is 44.0 Å². The minimum atomic E-state index is -1.79. The Bertz CT molecular complexity index is 1200. The molecule has 1 unspecified atom stereocenters. The van der Waals surface area contributed by atoms with Gasteiger partial charge < -0.3 is 18.8 Å². The number of hydrogen-bond acceptors (Lipinski definition) is 5. The van der Waals surface area contributed by atoms with E-state index in [0.29, 0.717) is 39.6 Å². The molecule has 2 aromatic carbocycles. The van der Waals surface area contributed by atoms with Crippen molar-refractivity contribution in [2.45, 2.75) is 89.6 Å². The third kappa shape index (κ3) is 7.04. The normalized spacial score (nSPS) is 21.9. The molecule has 1 aliphatic carbocycles. The number of methoxy groups -OCH3 is 1. The van der Waals surface area contributed by atoms with Gasteiger partial charge in [0.1, 0.15) is 11.5 Å². The molecule has 9 heteroatoms. The third-order valence-corrected chi connectivity index (χ3v) is 14.0. The summed E-state index contributed by atoms with van der Waals surface area (Å²) in [7, 11) is -0.451. The Morgan fingerprint density at radius 2 is 1.57 bits per heavy atom. The quantitative estimate of drug-likeness (QED) is 0.224. The monoisotopic (exact) mass is 605 g/mol. The van der Waals surface area contributed by atoms with Gasteiger partial charge in [-0.3, -0.25) is 4.79 Å². The number of nitrogens with zero attached hydrogens (tertiary/aromatic N) is 1. The van der Waals surface area contributed by atoms with Crippen molar-refractivity contribution in [2.24, 2.45) is 5.92 Å². The second kappa shape index (κ2) is 12.4. The first-order valence-electron chi connectivity index (χ1n) is 14.1. The van der Waals surface area contributed by atoms with E-state index in [9.17, 15) is 9.59 Å². The van der Waals surface area contributed by atoms with E-state index in [1.807, 2.05) is 0 Å². The molecule has 1 saturated heterocycles. The lowest BCUT2D eigenvalue weighted by atomic mass is 9.92. The number of amides is 1. The number of rotatable bonds is 8. The van der Waals surface area contributed by atoms with Crippen LogP contribution in [-0.4, -0.2) is 50.9 Å². The van der Waals surface area contributed by atoms with E-state index in [-0.39, 0.29) is 22.9 Å². The van der Waals surface area contributed by atoms with E-state index in [1.54, 1.807) is 36.4 Å². The van der Waals surface area contributed by atoms with Crippen molar-refractivity contribution < 1.29 is 23.5 Å². The van der Waals surface area contributed by atoms with Crippen LogP contribution >= 0.6 is 23.2 Å². The second-order valence-corrected chi connectivity index (χ2v) is 18.1. The van der Waals surface area contributed by atoms with Crippen LogP contribution in [0.3, 0.4) is 0 Å². The molecule has 0 bridgehead atoms. The Balaban J connectivity index is 1.34. The summed E-state index contributed by atoms with van der Waals surface area (Å²) in [5.74, 6) is 0.685. The second-order valence-electron chi connectivity index (χ2n) is 12.5. The molecule has 0 aromatic heterocycles. The highest BCUT2D eigenvalue weighted by Gasteiger charge is 2.42. The van der Waals surface area contributed by atoms with Crippen molar-refractivity contribution in [3.05, 3.63) is 57.6 Å². The standard InChI is InChI=1S/C31H41Cl2NO5Si/c1-31(2,3)40(5,6)39-24-13-9-22(10-14-24)34-16-15-21(29(34)35)17-26-27(32)18-25(19-28(26)33)38-23-11-7-20(8-12-23)30(36)37-4/h7-8,11-12,18-19,21-22,24H,9-10,13-17H2,1-6H3. The molecule has 0 radical (unpaired) electrons. The number of carbonyl (C=O) groups excluding carboxylic acids is 2. The van der Waals surface area contributed by atoms with E-state index in [0.717, 1.165) is 44.2 Å². The van der Waals surface area contributed by atoms with Gasteiger partial charge in [-0.05, 0) is 98.6 Å². The molecule has 2 fully saturated rings. The summed E-state index contributed by atoms with van der Waals surface area (Å²) in [6, 6.07) is 10.3. The predicted octanol–water partition coefficient (Wildman–Crippen LogP) is 8.30. The molecular formula is C31H41Cl2NO5Si. The molecule has 4 rings (SSSR count). The topological polar surface area (TPSA) is 65.1 Å². The number of likely N-dealkylation sites (tertiary alicyclic amines) is 1. The summed E-state index contributed by atoms with van der Waals surface area (Å²) in [4.78, 5) is 27.2. The van der Waals surface area contributed by atoms with Gasteiger partial charge >= 0.3 is 5.97 Å². The van der Waals surface area contributed by atoms with Gasteiger partial charge in [0.25, 0.3) is 0 Å². The minimum Gasteiger partial charge on any atom is -0.465 e. The summed E-state index contributed by atoms with van der Waals surface area (Å²) in [5, 5.41) is 1.15. The van der Waals surface area contributed by atoms with Crippen LogP contribution in [0.5, 0.6) is 11.5 Å². The van der Waals surface area contributed by atoms with E-state index < -0.39 is 14.3 Å². The van der Waals surface area contributed by atoms with Crippen LogP contribution in [0.15, 0.2) is 36.4 Å². The summed E-state index contributed by atoms with van der Waals surface area (Å²) in [6.45, 7) is 12.2. The fraction of sp³-hybridized carbons (Fsp3) is 0.548.